The van der Waals surface area contributed by atoms with E-state index in [0.717, 1.165) is 35.9 Å². The summed E-state index contributed by atoms with van der Waals surface area (Å²) in [7, 11) is 0. The first-order chi connectivity index (χ1) is 15.9. The van der Waals surface area contributed by atoms with Crippen LogP contribution in [0.25, 0.3) is 0 Å². The van der Waals surface area contributed by atoms with Crippen molar-refractivity contribution in [3.05, 3.63) is 59.7 Å². The molecule has 9 heteroatoms. The second-order valence-electron chi connectivity index (χ2n) is 7.88. The molecule has 1 N–H and O–H groups in total. The number of thioether (sulfide) groups is 1. The number of amidine groups is 1. The van der Waals surface area contributed by atoms with E-state index in [-0.39, 0.29) is 23.5 Å². The number of rotatable bonds is 6. The summed E-state index contributed by atoms with van der Waals surface area (Å²) in [5.41, 5.74) is 2.22. The molecule has 1 unspecified atom stereocenters. The third kappa shape index (κ3) is 4.08. The zero-order valence-corrected chi connectivity index (χ0v) is 19.6. The maximum atomic E-state index is 14.0. The molecule has 33 heavy (non-hydrogen) atoms. The Hall–Kier alpha value is -3.33. The topological polar surface area (TPSA) is 91.3 Å². The lowest BCUT2D eigenvalue weighted by atomic mass is 10.1. The van der Waals surface area contributed by atoms with Gasteiger partial charge in [0.15, 0.2) is 5.17 Å². The second kappa shape index (κ2) is 9.27. The van der Waals surface area contributed by atoms with E-state index in [0.29, 0.717) is 17.9 Å². The molecule has 2 aliphatic rings. The maximum Gasteiger partial charge on any atom is 0.271 e. The van der Waals surface area contributed by atoms with Gasteiger partial charge in [0.25, 0.3) is 5.91 Å². The molecule has 0 aromatic heterocycles. The smallest absolute Gasteiger partial charge is 0.271 e. The van der Waals surface area contributed by atoms with Crippen LogP contribution in [0.2, 0.25) is 0 Å². The monoisotopic (exact) mass is 466 g/mol. The van der Waals surface area contributed by atoms with Crippen LogP contribution in [-0.2, 0) is 25.8 Å². The lowest BCUT2D eigenvalue weighted by Gasteiger charge is -2.29. The Kier molecular flexibility index (Phi) is 6.42. The van der Waals surface area contributed by atoms with Crippen molar-refractivity contribution in [3.63, 3.8) is 0 Å². The minimum absolute atomic E-state index is 0.214. The summed E-state index contributed by atoms with van der Waals surface area (Å²) >= 11 is 1.07. The molecule has 3 amide bonds. The van der Waals surface area contributed by atoms with Crippen molar-refractivity contribution < 1.29 is 19.1 Å². The summed E-state index contributed by atoms with van der Waals surface area (Å²) in [4.78, 5) is 38.4. The molecule has 0 radical (unpaired) electrons. The number of ether oxygens (including phenoxy) is 1. The first-order valence-electron chi connectivity index (χ1n) is 10.9. The summed E-state index contributed by atoms with van der Waals surface area (Å²) in [5.74, 6) is -0.280. The van der Waals surface area contributed by atoms with Crippen LogP contribution in [0, 0.1) is 0 Å². The minimum Gasteiger partial charge on any atom is -0.493 e. The van der Waals surface area contributed by atoms with Gasteiger partial charge < -0.3 is 15.0 Å². The third-order valence-corrected chi connectivity index (χ3v) is 6.71. The molecule has 2 aromatic carbocycles. The Balaban J connectivity index is 1.72. The number of nitrogens with one attached hydrogen (secondary N) is 1. The number of hydrogen-bond donors (Lipinski definition) is 1. The predicted molar refractivity (Wildman–Crippen MR) is 128 cm³/mol. The van der Waals surface area contributed by atoms with Crippen LogP contribution >= 0.6 is 11.8 Å². The summed E-state index contributed by atoms with van der Waals surface area (Å²) in [5, 5.41) is 8.29. The van der Waals surface area contributed by atoms with Gasteiger partial charge in [0.2, 0.25) is 16.7 Å². The number of amides is 3. The van der Waals surface area contributed by atoms with Crippen LogP contribution in [-0.4, -0.2) is 34.5 Å². The first-order valence-corrected chi connectivity index (χ1v) is 11.7. The average molecular weight is 467 g/mol. The summed E-state index contributed by atoms with van der Waals surface area (Å²) in [6.45, 7) is 5.70. The van der Waals surface area contributed by atoms with Gasteiger partial charge in [-0.05, 0) is 30.3 Å². The Morgan fingerprint density at radius 3 is 2.58 bits per heavy atom. The SMILES string of the molecule is CCCCOc1ccccc1CN1C(=O)C2(SC(NC(C)=O)=NN2C(C)=O)c2ccccc21. The van der Waals surface area contributed by atoms with Crippen molar-refractivity contribution >= 4 is 40.3 Å². The number of hydrogen-bond acceptors (Lipinski definition) is 6. The lowest BCUT2D eigenvalue weighted by molar-refractivity contribution is -0.139. The molecule has 0 saturated heterocycles. The van der Waals surface area contributed by atoms with Crippen LogP contribution in [0.5, 0.6) is 5.75 Å². The molecule has 2 aliphatic heterocycles. The number of para-hydroxylation sites is 2. The van der Waals surface area contributed by atoms with E-state index in [1.807, 2.05) is 48.5 Å². The maximum absolute atomic E-state index is 14.0. The molecule has 0 saturated carbocycles. The van der Waals surface area contributed by atoms with Crippen molar-refractivity contribution in [2.24, 2.45) is 5.10 Å². The molecule has 172 valence electrons. The molecule has 0 aliphatic carbocycles. The zero-order chi connectivity index (χ0) is 23.6. The number of nitrogens with zero attached hydrogens (tertiary/aromatic N) is 3. The molecular formula is C24H26N4O4S. The minimum atomic E-state index is -1.40. The Labute approximate surface area is 197 Å². The zero-order valence-electron chi connectivity index (χ0n) is 18.8. The fraction of sp³-hybridized carbons (Fsp3) is 0.333. The number of benzene rings is 2. The quantitative estimate of drug-likeness (QED) is 0.658. The molecule has 2 aromatic rings. The highest BCUT2D eigenvalue weighted by Gasteiger charge is 2.61. The van der Waals surface area contributed by atoms with E-state index in [4.69, 9.17) is 4.74 Å². The van der Waals surface area contributed by atoms with Crippen molar-refractivity contribution in [1.29, 1.82) is 0 Å². The molecule has 2 heterocycles. The van der Waals surface area contributed by atoms with Crippen LogP contribution in [0.15, 0.2) is 53.6 Å². The third-order valence-electron chi connectivity index (χ3n) is 5.47. The van der Waals surface area contributed by atoms with Crippen molar-refractivity contribution in [3.8, 4) is 5.75 Å². The number of carbonyl (C=O) groups excluding carboxylic acids is 3. The second-order valence-corrected chi connectivity index (χ2v) is 9.06. The summed E-state index contributed by atoms with van der Waals surface area (Å²) < 4.78 is 5.97. The Bertz CT molecular complexity index is 1130. The fourth-order valence-electron chi connectivity index (χ4n) is 3.99. The number of anilines is 1. The highest BCUT2D eigenvalue weighted by Crippen LogP contribution is 2.54. The number of fused-ring (bicyclic) bond motifs is 2. The molecule has 0 fully saturated rings. The van der Waals surface area contributed by atoms with Gasteiger partial charge in [0.05, 0.1) is 18.8 Å². The highest BCUT2D eigenvalue weighted by molar-refractivity contribution is 8.15. The first kappa shape index (κ1) is 22.8. The van der Waals surface area contributed by atoms with Gasteiger partial charge in [-0.3, -0.25) is 14.4 Å². The summed E-state index contributed by atoms with van der Waals surface area (Å²) in [6.07, 6.45) is 1.97. The van der Waals surface area contributed by atoms with Gasteiger partial charge in [0.1, 0.15) is 5.75 Å². The van der Waals surface area contributed by atoms with Gasteiger partial charge in [0, 0.05) is 25.0 Å². The van der Waals surface area contributed by atoms with E-state index >= 15 is 0 Å². The Morgan fingerprint density at radius 1 is 1.12 bits per heavy atom. The van der Waals surface area contributed by atoms with Crippen LogP contribution in [0.3, 0.4) is 0 Å². The molecule has 0 bridgehead atoms. The van der Waals surface area contributed by atoms with Crippen molar-refractivity contribution in [2.45, 2.75) is 45.0 Å². The molecular weight excluding hydrogens is 440 g/mol. The van der Waals surface area contributed by atoms with Gasteiger partial charge >= 0.3 is 0 Å². The molecule has 1 atom stereocenters. The molecule has 4 rings (SSSR count). The predicted octanol–water partition coefficient (Wildman–Crippen LogP) is 3.57. The lowest BCUT2D eigenvalue weighted by Crippen LogP contribution is -2.48. The van der Waals surface area contributed by atoms with Gasteiger partial charge in [-0.25, -0.2) is 0 Å². The van der Waals surface area contributed by atoms with Crippen LogP contribution in [0.1, 0.15) is 44.7 Å². The number of hydrazone groups is 1. The van der Waals surface area contributed by atoms with Crippen LogP contribution < -0.4 is 15.0 Å². The van der Waals surface area contributed by atoms with Crippen molar-refractivity contribution in [2.75, 3.05) is 11.5 Å². The van der Waals surface area contributed by atoms with Crippen LogP contribution in [0.4, 0.5) is 5.69 Å². The standard InChI is InChI=1S/C24H26N4O4S/c1-4-5-14-32-21-13-9-6-10-18(21)15-27-20-12-8-7-11-19(20)24(22(27)31)28(17(3)30)26-23(33-24)25-16(2)29/h6-13H,4-5,14-15H2,1-3H3,(H,25,26,29). The van der Waals surface area contributed by atoms with E-state index in [1.54, 1.807) is 4.90 Å². The largest absolute Gasteiger partial charge is 0.493 e. The van der Waals surface area contributed by atoms with E-state index in [2.05, 4.69) is 17.3 Å². The van der Waals surface area contributed by atoms with E-state index in [9.17, 15) is 14.4 Å². The molecule has 1 spiro atoms. The number of carbonyl (C=O) groups is 3. The van der Waals surface area contributed by atoms with Gasteiger partial charge in [-0.1, -0.05) is 49.7 Å². The number of unbranched alkanes of at least 4 members (excludes halogenated alkanes) is 1. The van der Waals surface area contributed by atoms with Gasteiger partial charge in [-0.2, -0.15) is 5.01 Å². The normalized spacial score (nSPS) is 19.0. The van der Waals surface area contributed by atoms with E-state index < -0.39 is 10.8 Å². The van der Waals surface area contributed by atoms with Gasteiger partial charge in [-0.15, -0.1) is 5.10 Å². The average Bonchev–Trinajstić information content (AvgIpc) is 3.27. The van der Waals surface area contributed by atoms with E-state index in [1.165, 1.54) is 18.9 Å². The highest BCUT2D eigenvalue weighted by atomic mass is 32.2. The molecule has 8 nitrogen and oxygen atoms in total. The van der Waals surface area contributed by atoms with Crippen molar-refractivity contribution in [1.82, 2.24) is 10.3 Å². The Morgan fingerprint density at radius 2 is 1.85 bits per heavy atom. The fourth-order valence-corrected chi connectivity index (χ4v) is 5.33. The summed E-state index contributed by atoms with van der Waals surface area (Å²) in [6, 6.07) is 15.0.